The van der Waals surface area contributed by atoms with Gasteiger partial charge in [-0.3, -0.25) is 5.41 Å². The highest BCUT2D eigenvalue weighted by molar-refractivity contribution is 5.71. The molecule has 0 amide bonds. The monoisotopic (exact) mass is 76.1 g/mol. The Bertz CT molecular complexity index is 29.9. The van der Waals surface area contributed by atoms with Crippen molar-refractivity contribution in [3.05, 3.63) is 0 Å². The average molecular weight is 76.1 g/mol. The summed E-state index contributed by atoms with van der Waals surface area (Å²) in [4.78, 5) is 0. The van der Waals surface area contributed by atoms with Gasteiger partial charge in [-0.1, -0.05) is 0 Å². The van der Waals surface area contributed by atoms with Crippen molar-refractivity contribution in [1.82, 2.24) is 0 Å². The standard InChI is InChI=1S/CH5N3.H2O/c2-1(3)4;/h(H5,2,3,4);1H2/p-1. The molecule has 0 rings (SSSR count). The lowest BCUT2D eigenvalue weighted by Crippen LogP contribution is -2.20. The van der Waals surface area contributed by atoms with Crippen molar-refractivity contribution in [3.8, 4) is 0 Å². The highest BCUT2D eigenvalue weighted by atomic mass is 16.0. The van der Waals surface area contributed by atoms with Gasteiger partial charge in [-0.2, -0.15) is 0 Å². The summed E-state index contributed by atoms with van der Waals surface area (Å²) in [6.07, 6.45) is 0. The second-order valence-electron chi connectivity index (χ2n) is 0.455. The fraction of sp³-hybridized carbons (Fsp3) is 0. The number of rotatable bonds is 0. The SMILES string of the molecule is N=C(N)N.[OH-]. The molecule has 32 valence electrons. The van der Waals surface area contributed by atoms with E-state index in [1.807, 2.05) is 0 Å². The Hall–Kier alpha value is -0.770. The minimum Gasteiger partial charge on any atom is -0.870 e. The number of nitrogens with one attached hydrogen (secondary N) is 1. The summed E-state index contributed by atoms with van der Waals surface area (Å²) in [5, 5.41) is 6.06. The van der Waals surface area contributed by atoms with Crippen molar-refractivity contribution in [1.29, 1.82) is 5.41 Å². The molecule has 0 aliphatic carbocycles. The molecule has 5 heavy (non-hydrogen) atoms. The van der Waals surface area contributed by atoms with E-state index in [1.54, 1.807) is 0 Å². The predicted octanol–water partition coefficient (Wildman–Crippen LogP) is -1.34. The summed E-state index contributed by atoms with van der Waals surface area (Å²) in [5.41, 5.74) is 8.94. The smallest absolute Gasteiger partial charge is 0.183 e. The number of hydrogen-bond donors (Lipinski definition) is 3. The van der Waals surface area contributed by atoms with Crippen LogP contribution in [0.5, 0.6) is 0 Å². The number of guanidine groups is 1. The minimum absolute atomic E-state index is 0. The van der Waals surface area contributed by atoms with Crippen LogP contribution in [-0.4, -0.2) is 11.4 Å². The summed E-state index contributed by atoms with van der Waals surface area (Å²) < 4.78 is 0. The molecule has 0 heterocycles. The Morgan fingerprint density at radius 2 is 1.40 bits per heavy atom. The van der Waals surface area contributed by atoms with Gasteiger partial charge in [0.1, 0.15) is 0 Å². The first-order chi connectivity index (χ1) is 1.73. The molecule has 0 aliphatic rings. The summed E-state index contributed by atoms with van der Waals surface area (Å²) in [6, 6.07) is 0. The van der Waals surface area contributed by atoms with Gasteiger partial charge in [0, 0.05) is 0 Å². The van der Waals surface area contributed by atoms with E-state index in [2.05, 4.69) is 11.5 Å². The summed E-state index contributed by atoms with van der Waals surface area (Å²) in [5.74, 6) is -0.333. The van der Waals surface area contributed by atoms with Gasteiger partial charge in [-0.15, -0.1) is 0 Å². The van der Waals surface area contributed by atoms with E-state index in [0.717, 1.165) is 0 Å². The Kier molecular flexibility index (Phi) is 5.73. The Morgan fingerprint density at radius 1 is 1.40 bits per heavy atom. The number of hydrogen-bond acceptors (Lipinski definition) is 2. The average Bonchev–Trinajstić information content (AvgIpc) is 0.811. The van der Waals surface area contributed by atoms with E-state index in [4.69, 9.17) is 5.41 Å². The molecule has 0 saturated heterocycles. The number of nitrogens with two attached hydrogens (primary N) is 2. The summed E-state index contributed by atoms with van der Waals surface area (Å²) in [7, 11) is 0. The molecule has 4 heteroatoms. The lowest BCUT2D eigenvalue weighted by molar-refractivity contribution is 0.824. The van der Waals surface area contributed by atoms with Crippen LogP contribution in [0.3, 0.4) is 0 Å². The van der Waals surface area contributed by atoms with E-state index in [-0.39, 0.29) is 11.4 Å². The van der Waals surface area contributed by atoms with Gasteiger partial charge in [0.15, 0.2) is 5.96 Å². The maximum absolute atomic E-state index is 6.06. The molecule has 0 saturated carbocycles. The molecular weight excluding hydrogens is 70.0 g/mol. The molecule has 0 bridgehead atoms. The maximum Gasteiger partial charge on any atom is 0.183 e. The van der Waals surface area contributed by atoms with Gasteiger partial charge in [0.05, 0.1) is 0 Å². The van der Waals surface area contributed by atoms with Crippen molar-refractivity contribution < 1.29 is 5.48 Å². The quantitative estimate of drug-likeness (QED) is 0.245. The van der Waals surface area contributed by atoms with Crippen molar-refractivity contribution in [2.75, 3.05) is 0 Å². The second kappa shape index (κ2) is 3.23. The lowest BCUT2D eigenvalue weighted by Gasteiger charge is -1.69. The van der Waals surface area contributed by atoms with Crippen LogP contribution in [0.25, 0.3) is 0 Å². The van der Waals surface area contributed by atoms with Crippen molar-refractivity contribution in [2.45, 2.75) is 0 Å². The second-order valence-corrected chi connectivity index (χ2v) is 0.455. The van der Waals surface area contributed by atoms with Crippen LogP contribution in [-0.2, 0) is 0 Å². The first-order valence-corrected chi connectivity index (χ1v) is 0.827. The highest BCUT2D eigenvalue weighted by Crippen LogP contribution is 1.13. The molecule has 0 spiro atoms. The first kappa shape index (κ1) is 8.87. The predicted molar refractivity (Wildman–Crippen MR) is 18.0 cm³/mol. The fourth-order valence-corrected chi connectivity index (χ4v) is 0. The fourth-order valence-electron chi connectivity index (χ4n) is 0. The van der Waals surface area contributed by atoms with Crippen LogP contribution < -0.4 is 11.5 Å². The molecule has 0 radical (unpaired) electrons. The summed E-state index contributed by atoms with van der Waals surface area (Å²) in [6.45, 7) is 0. The van der Waals surface area contributed by atoms with Gasteiger partial charge in [-0.25, -0.2) is 0 Å². The molecule has 4 nitrogen and oxygen atoms in total. The van der Waals surface area contributed by atoms with E-state index in [1.165, 1.54) is 0 Å². The van der Waals surface area contributed by atoms with E-state index >= 15 is 0 Å². The Balaban J connectivity index is 0. The van der Waals surface area contributed by atoms with Crippen molar-refractivity contribution in [2.24, 2.45) is 11.5 Å². The molecule has 0 aromatic rings. The third kappa shape index (κ3) is 8.24. The van der Waals surface area contributed by atoms with Crippen LogP contribution >= 0.6 is 0 Å². The molecule has 0 unspecified atom stereocenters. The van der Waals surface area contributed by atoms with Gasteiger partial charge in [0.25, 0.3) is 0 Å². The molecule has 0 aromatic carbocycles. The lowest BCUT2D eigenvalue weighted by atomic mass is 11.1. The van der Waals surface area contributed by atoms with E-state index < -0.39 is 0 Å². The highest BCUT2D eigenvalue weighted by Gasteiger charge is 1.52. The normalized spacial score (nSPS) is 4.80. The van der Waals surface area contributed by atoms with Crippen LogP contribution in [0.1, 0.15) is 0 Å². The maximum atomic E-state index is 6.06. The zero-order valence-corrected chi connectivity index (χ0v) is 2.60. The van der Waals surface area contributed by atoms with E-state index in [0.29, 0.717) is 0 Å². The van der Waals surface area contributed by atoms with Gasteiger partial charge < -0.3 is 16.9 Å². The van der Waals surface area contributed by atoms with Gasteiger partial charge in [-0.05, 0) is 0 Å². The molecule has 0 aliphatic heterocycles. The third-order valence-electron chi connectivity index (χ3n) is 0. The zero-order valence-electron chi connectivity index (χ0n) is 2.60. The van der Waals surface area contributed by atoms with Gasteiger partial charge >= 0.3 is 0 Å². The largest absolute Gasteiger partial charge is 0.870 e. The third-order valence-corrected chi connectivity index (χ3v) is 0. The topological polar surface area (TPSA) is 106 Å². The Labute approximate surface area is 29.6 Å². The molecular formula is CH6N3O-. The summed E-state index contributed by atoms with van der Waals surface area (Å²) >= 11 is 0. The zero-order chi connectivity index (χ0) is 3.58. The van der Waals surface area contributed by atoms with Crippen molar-refractivity contribution in [3.63, 3.8) is 0 Å². The molecule has 0 fully saturated rings. The van der Waals surface area contributed by atoms with Crippen molar-refractivity contribution >= 4 is 5.96 Å². The molecule has 0 aromatic heterocycles. The van der Waals surface area contributed by atoms with Crippen LogP contribution in [0, 0.1) is 5.41 Å². The minimum atomic E-state index is -0.333. The van der Waals surface area contributed by atoms with Crippen LogP contribution in [0.15, 0.2) is 0 Å². The molecule has 0 atom stereocenters. The van der Waals surface area contributed by atoms with Gasteiger partial charge in [0.2, 0.25) is 0 Å². The Morgan fingerprint density at radius 3 is 1.40 bits per heavy atom. The first-order valence-electron chi connectivity index (χ1n) is 0.827. The van der Waals surface area contributed by atoms with Crippen LogP contribution in [0.2, 0.25) is 0 Å². The molecule has 6 N–H and O–H groups in total. The van der Waals surface area contributed by atoms with Crippen LogP contribution in [0.4, 0.5) is 0 Å². The van der Waals surface area contributed by atoms with E-state index in [9.17, 15) is 0 Å².